The highest BCUT2D eigenvalue weighted by molar-refractivity contribution is 6.31. The van der Waals surface area contributed by atoms with Gasteiger partial charge in [0, 0.05) is 20.1 Å². The average Bonchev–Trinajstić information content (AvgIpc) is 2.45. The second-order valence-electron chi connectivity index (χ2n) is 3.08. The number of aryl methyl sites for hydroxylation is 2. The Kier molecular flexibility index (Phi) is 4.38. The fourth-order valence-corrected chi connectivity index (χ4v) is 1.66. The third kappa shape index (κ3) is 2.47. The van der Waals surface area contributed by atoms with Gasteiger partial charge in [-0.05, 0) is 6.42 Å². The second-order valence-corrected chi connectivity index (χ2v) is 3.46. The fourth-order valence-electron chi connectivity index (χ4n) is 1.30. The first-order valence-corrected chi connectivity index (χ1v) is 5.10. The van der Waals surface area contributed by atoms with Crippen molar-refractivity contribution in [2.24, 2.45) is 7.05 Å². The number of hydrogen-bond donors (Lipinski definition) is 2. The SMILES string of the molecule is CCc1nn(C)c(CNCCO)c1Cl. The zero-order chi connectivity index (χ0) is 10.6. The molecule has 0 aliphatic heterocycles. The molecule has 0 saturated heterocycles. The Morgan fingerprint density at radius 1 is 1.57 bits per heavy atom. The van der Waals surface area contributed by atoms with Gasteiger partial charge in [-0.1, -0.05) is 18.5 Å². The van der Waals surface area contributed by atoms with Crippen molar-refractivity contribution >= 4 is 11.6 Å². The van der Waals surface area contributed by atoms with E-state index in [0.717, 1.165) is 22.8 Å². The van der Waals surface area contributed by atoms with Crippen LogP contribution in [-0.4, -0.2) is 28.0 Å². The van der Waals surface area contributed by atoms with Crippen molar-refractivity contribution in [1.29, 1.82) is 0 Å². The third-order valence-electron chi connectivity index (χ3n) is 2.08. The van der Waals surface area contributed by atoms with Crippen LogP contribution in [0.1, 0.15) is 18.3 Å². The zero-order valence-electron chi connectivity index (χ0n) is 8.55. The molecule has 2 N–H and O–H groups in total. The first-order valence-electron chi connectivity index (χ1n) is 4.72. The zero-order valence-corrected chi connectivity index (χ0v) is 9.30. The third-order valence-corrected chi connectivity index (χ3v) is 2.52. The lowest BCUT2D eigenvalue weighted by Gasteiger charge is -2.03. The standard InChI is InChI=1S/C9H16ClN3O/c1-3-7-9(10)8(13(2)12-7)6-11-4-5-14/h11,14H,3-6H2,1-2H3. The molecule has 0 aliphatic rings. The topological polar surface area (TPSA) is 50.1 Å². The predicted molar refractivity (Wildman–Crippen MR) is 56.4 cm³/mol. The number of halogens is 1. The average molecular weight is 218 g/mol. The fraction of sp³-hybridized carbons (Fsp3) is 0.667. The largest absolute Gasteiger partial charge is 0.395 e. The number of aliphatic hydroxyl groups excluding tert-OH is 1. The number of nitrogens with zero attached hydrogens (tertiary/aromatic N) is 2. The minimum Gasteiger partial charge on any atom is -0.395 e. The Morgan fingerprint density at radius 3 is 2.79 bits per heavy atom. The van der Waals surface area contributed by atoms with E-state index in [-0.39, 0.29) is 6.61 Å². The van der Waals surface area contributed by atoms with Crippen LogP contribution in [0.3, 0.4) is 0 Å². The van der Waals surface area contributed by atoms with Crippen molar-refractivity contribution in [3.05, 3.63) is 16.4 Å². The van der Waals surface area contributed by atoms with Gasteiger partial charge in [0.05, 0.1) is 23.0 Å². The van der Waals surface area contributed by atoms with Crippen molar-refractivity contribution in [1.82, 2.24) is 15.1 Å². The summed E-state index contributed by atoms with van der Waals surface area (Å²) < 4.78 is 1.78. The minimum absolute atomic E-state index is 0.135. The summed E-state index contributed by atoms with van der Waals surface area (Å²) in [5.74, 6) is 0. The quantitative estimate of drug-likeness (QED) is 0.715. The molecule has 0 saturated carbocycles. The Balaban J connectivity index is 2.70. The van der Waals surface area contributed by atoms with Crippen LogP contribution in [-0.2, 0) is 20.0 Å². The normalized spacial score (nSPS) is 10.9. The van der Waals surface area contributed by atoms with Crippen LogP contribution >= 0.6 is 11.6 Å². The lowest BCUT2D eigenvalue weighted by Crippen LogP contribution is -2.19. The summed E-state index contributed by atoms with van der Waals surface area (Å²) in [6.07, 6.45) is 0.840. The molecule has 1 aromatic heterocycles. The molecule has 0 atom stereocenters. The molecule has 0 unspecified atom stereocenters. The summed E-state index contributed by atoms with van der Waals surface area (Å²) in [6, 6.07) is 0. The summed E-state index contributed by atoms with van der Waals surface area (Å²) in [5.41, 5.74) is 1.90. The van der Waals surface area contributed by atoms with Crippen molar-refractivity contribution < 1.29 is 5.11 Å². The van der Waals surface area contributed by atoms with E-state index < -0.39 is 0 Å². The Labute approximate surface area is 88.9 Å². The number of aliphatic hydroxyl groups is 1. The van der Waals surface area contributed by atoms with Gasteiger partial charge in [-0.3, -0.25) is 4.68 Å². The number of nitrogens with one attached hydrogen (secondary N) is 1. The molecule has 0 bridgehead atoms. The van der Waals surface area contributed by atoms with Gasteiger partial charge in [0.15, 0.2) is 0 Å². The van der Waals surface area contributed by atoms with Gasteiger partial charge in [0.25, 0.3) is 0 Å². The maximum absolute atomic E-state index is 8.62. The van der Waals surface area contributed by atoms with E-state index in [1.54, 1.807) is 4.68 Å². The summed E-state index contributed by atoms with van der Waals surface area (Å²) in [7, 11) is 1.88. The molecule has 0 radical (unpaired) electrons. The van der Waals surface area contributed by atoms with E-state index in [9.17, 15) is 0 Å². The molecule has 1 heterocycles. The minimum atomic E-state index is 0.135. The van der Waals surface area contributed by atoms with Crippen LogP contribution in [0, 0.1) is 0 Å². The smallest absolute Gasteiger partial charge is 0.0863 e. The maximum atomic E-state index is 8.62. The highest BCUT2D eigenvalue weighted by Crippen LogP contribution is 2.20. The van der Waals surface area contributed by atoms with Gasteiger partial charge in [0.1, 0.15) is 0 Å². The molecule has 80 valence electrons. The van der Waals surface area contributed by atoms with Crippen molar-refractivity contribution in [3.8, 4) is 0 Å². The Hall–Kier alpha value is -0.580. The van der Waals surface area contributed by atoms with E-state index in [4.69, 9.17) is 16.7 Å². The summed E-state index contributed by atoms with van der Waals surface area (Å²) >= 11 is 6.12. The van der Waals surface area contributed by atoms with Crippen LogP contribution in [0.4, 0.5) is 0 Å². The lowest BCUT2D eigenvalue weighted by molar-refractivity contribution is 0.291. The van der Waals surface area contributed by atoms with Gasteiger partial charge in [-0.2, -0.15) is 5.10 Å². The van der Waals surface area contributed by atoms with E-state index in [1.807, 2.05) is 14.0 Å². The van der Waals surface area contributed by atoms with Crippen LogP contribution < -0.4 is 5.32 Å². The summed E-state index contributed by atoms with van der Waals surface area (Å²) in [5, 5.41) is 16.7. The molecule has 14 heavy (non-hydrogen) atoms. The second kappa shape index (κ2) is 5.34. The van der Waals surface area contributed by atoms with Crippen LogP contribution in [0.2, 0.25) is 5.02 Å². The van der Waals surface area contributed by atoms with Crippen LogP contribution in [0.25, 0.3) is 0 Å². The van der Waals surface area contributed by atoms with Crippen LogP contribution in [0.15, 0.2) is 0 Å². The molecule has 4 nitrogen and oxygen atoms in total. The number of rotatable bonds is 5. The monoisotopic (exact) mass is 217 g/mol. The van der Waals surface area contributed by atoms with E-state index in [0.29, 0.717) is 13.1 Å². The summed E-state index contributed by atoms with van der Waals surface area (Å²) in [6.45, 7) is 3.38. The lowest BCUT2D eigenvalue weighted by atomic mass is 10.3. The Morgan fingerprint density at radius 2 is 2.29 bits per heavy atom. The molecule has 1 aromatic rings. The molecule has 0 spiro atoms. The molecule has 1 rings (SSSR count). The molecule has 0 aromatic carbocycles. The van der Waals surface area contributed by atoms with Gasteiger partial charge in [-0.15, -0.1) is 0 Å². The van der Waals surface area contributed by atoms with E-state index in [1.165, 1.54) is 0 Å². The Bertz CT molecular complexity index is 298. The van der Waals surface area contributed by atoms with E-state index >= 15 is 0 Å². The van der Waals surface area contributed by atoms with Crippen molar-refractivity contribution in [3.63, 3.8) is 0 Å². The molecule has 0 fully saturated rings. The van der Waals surface area contributed by atoms with Gasteiger partial charge < -0.3 is 10.4 Å². The summed E-state index contributed by atoms with van der Waals surface area (Å²) in [4.78, 5) is 0. The highest BCUT2D eigenvalue weighted by Gasteiger charge is 2.11. The first-order chi connectivity index (χ1) is 6.70. The molecule has 0 amide bonds. The molecular formula is C9H16ClN3O. The number of hydrogen-bond acceptors (Lipinski definition) is 3. The van der Waals surface area contributed by atoms with Gasteiger partial charge in [-0.25, -0.2) is 0 Å². The maximum Gasteiger partial charge on any atom is 0.0863 e. The van der Waals surface area contributed by atoms with Crippen LogP contribution in [0.5, 0.6) is 0 Å². The molecule has 0 aliphatic carbocycles. The van der Waals surface area contributed by atoms with Gasteiger partial charge in [0.2, 0.25) is 0 Å². The molecule has 5 heteroatoms. The first kappa shape index (κ1) is 11.5. The molecular weight excluding hydrogens is 202 g/mol. The van der Waals surface area contributed by atoms with Gasteiger partial charge >= 0.3 is 0 Å². The predicted octanol–water partition coefficient (Wildman–Crippen LogP) is 0.718. The van der Waals surface area contributed by atoms with E-state index in [2.05, 4.69) is 10.4 Å². The number of aromatic nitrogens is 2. The van der Waals surface area contributed by atoms with Crippen molar-refractivity contribution in [2.75, 3.05) is 13.2 Å². The van der Waals surface area contributed by atoms with Crippen molar-refractivity contribution in [2.45, 2.75) is 19.9 Å². The highest BCUT2D eigenvalue weighted by atomic mass is 35.5.